The molecule has 1 aliphatic rings. The van der Waals surface area contributed by atoms with Gasteiger partial charge in [-0.15, -0.1) is 11.6 Å². The topological polar surface area (TPSA) is 56.0 Å². The smallest absolute Gasteiger partial charge is 0.245 e. The van der Waals surface area contributed by atoms with Crippen molar-refractivity contribution in [2.24, 2.45) is 7.05 Å². The summed E-state index contributed by atoms with van der Waals surface area (Å²) in [5.74, 6) is 1.18. The molecule has 1 unspecified atom stereocenters. The van der Waals surface area contributed by atoms with Gasteiger partial charge in [0, 0.05) is 20.6 Å². The SMILES string of the molecule is CCCc1nn(C)c2c1nc(CCl)n2C1CCN(C)C1=O. The third-order valence-corrected chi connectivity index (χ3v) is 4.37. The first-order valence-electron chi connectivity index (χ1n) is 7.32. The first-order valence-corrected chi connectivity index (χ1v) is 7.85. The number of fused-ring (bicyclic) bond motifs is 1. The highest BCUT2D eigenvalue weighted by Gasteiger charge is 2.34. The predicted octanol–water partition coefficient (Wildman–Crippen LogP) is 1.86. The molecule has 2 aromatic rings. The van der Waals surface area contributed by atoms with Crippen molar-refractivity contribution in [2.45, 2.75) is 38.1 Å². The molecule has 0 aliphatic carbocycles. The van der Waals surface area contributed by atoms with Crippen LogP contribution in [-0.2, 0) is 24.1 Å². The number of hydrogen-bond acceptors (Lipinski definition) is 3. The maximum atomic E-state index is 12.4. The van der Waals surface area contributed by atoms with Crippen molar-refractivity contribution in [1.82, 2.24) is 24.2 Å². The fourth-order valence-corrected chi connectivity index (χ4v) is 3.31. The number of alkyl halides is 1. The van der Waals surface area contributed by atoms with E-state index in [1.165, 1.54) is 0 Å². The van der Waals surface area contributed by atoms with E-state index in [-0.39, 0.29) is 11.9 Å². The Bertz CT molecular complexity index is 689. The van der Waals surface area contributed by atoms with Gasteiger partial charge in [-0.25, -0.2) is 4.98 Å². The van der Waals surface area contributed by atoms with E-state index in [0.29, 0.717) is 5.88 Å². The molecule has 0 saturated carbocycles. The molecule has 3 heterocycles. The van der Waals surface area contributed by atoms with Crippen LogP contribution in [0.1, 0.15) is 37.3 Å². The number of amides is 1. The number of carbonyl (C=O) groups is 1. The van der Waals surface area contributed by atoms with E-state index in [1.807, 2.05) is 23.3 Å². The van der Waals surface area contributed by atoms with Crippen LogP contribution in [-0.4, -0.2) is 43.7 Å². The van der Waals surface area contributed by atoms with Gasteiger partial charge >= 0.3 is 0 Å². The Kier molecular flexibility index (Phi) is 3.65. The zero-order valence-corrected chi connectivity index (χ0v) is 13.4. The number of hydrogen-bond donors (Lipinski definition) is 0. The number of nitrogens with zero attached hydrogens (tertiary/aromatic N) is 5. The third-order valence-electron chi connectivity index (χ3n) is 4.13. The molecule has 1 fully saturated rings. The third kappa shape index (κ3) is 2.12. The van der Waals surface area contributed by atoms with Crippen LogP contribution in [0.5, 0.6) is 0 Å². The van der Waals surface area contributed by atoms with E-state index in [4.69, 9.17) is 11.6 Å². The summed E-state index contributed by atoms with van der Waals surface area (Å²) in [6, 6.07) is -0.210. The first kappa shape index (κ1) is 14.4. The molecule has 3 rings (SSSR count). The minimum atomic E-state index is -0.210. The fraction of sp³-hybridized carbons (Fsp3) is 0.643. The van der Waals surface area contributed by atoms with Gasteiger partial charge in [-0.1, -0.05) is 13.3 Å². The van der Waals surface area contributed by atoms with Crippen LogP contribution in [0.3, 0.4) is 0 Å². The van der Waals surface area contributed by atoms with Crippen LogP contribution in [0.2, 0.25) is 0 Å². The number of carbonyl (C=O) groups excluding carboxylic acids is 1. The normalized spacial score (nSPS) is 19.1. The van der Waals surface area contributed by atoms with Crippen molar-refractivity contribution in [3.63, 3.8) is 0 Å². The molecule has 1 atom stereocenters. The van der Waals surface area contributed by atoms with Crippen LogP contribution in [0.15, 0.2) is 0 Å². The molecule has 1 aliphatic heterocycles. The van der Waals surface area contributed by atoms with Crippen LogP contribution < -0.4 is 0 Å². The lowest BCUT2D eigenvalue weighted by Gasteiger charge is -2.15. The van der Waals surface area contributed by atoms with Gasteiger partial charge in [0.25, 0.3) is 0 Å². The van der Waals surface area contributed by atoms with Gasteiger partial charge in [-0.05, 0) is 12.8 Å². The Morgan fingerprint density at radius 3 is 2.71 bits per heavy atom. The maximum absolute atomic E-state index is 12.4. The first-order chi connectivity index (χ1) is 10.1. The lowest BCUT2D eigenvalue weighted by atomic mass is 10.2. The molecule has 0 spiro atoms. The van der Waals surface area contributed by atoms with Crippen LogP contribution in [0.25, 0.3) is 11.2 Å². The summed E-state index contributed by atoms with van der Waals surface area (Å²) in [5, 5.41) is 4.56. The highest BCUT2D eigenvalue weighted by atomic mass is 35.5. The number of imidazole rings is 1. The summed E-state index contributed by atoms with van der Waals surface area (Å²) in [6.45, 7) is 2.89. The largest absolute Gasteiger partial charge is 0.344 e. The second-order valence-corrected chi connectivity index (χ2v) is 5.86. The molecule has 1 amide bonds. The highest BCUT2D eigenvalue weighted by Crippen LogP contribution is 2.30. The van der Waals surface area contributed by atoms with E-state index in [9.17, 15) is 4.79 Å². The number of likely N-dealkylation sites (tertiary alicyclic amines) is 1. The molecule has 0 bridgehead atoms. The minimum Gasteiger partial charge on any atom is -0.344 e. The quantitative estimate of drug-likeness (QED) is 0.810. The van der Waals surface area contributed by atoms with Crippen molar-refractivity contribution >= 4 is 28.7 Å². The molecule has 0 aromatic carbocycles. The Morgan fingerprint density at radius 1 is 1.38 bits per heavy atom. The van der Waals surface area contributed by atoms with E-state index in [1.54, 1.807) is 4.90 Å². The number of aromatic nitrogens is 4. The number of rotatable bonds is 4. The summed E-state index contributed by atoms with van der Waals surface area (Å²) < 4.78 is 3.81. The van der Waals surface area contributed by atoms with Gasteiger partial charge < -0.3 is 4.90 Å². The van der Waals surface area contributed by atoms with E-state index in [2.05, 4.69) is 17.0 Å². The van der Waals surface area contributed by atoms with Gasteiger partial charge in [-0.3, -0.25) is 14.0 Å². The zero-order chi connectivity index (χ0) is 15.1. The number of likely N-dealkylation sites (N-methyl/N-ethyl adjacent to an activating group) is 1. The molecule has 1 saturated heterocycles. The lowest BCUT2D eigenvalue weighted by Crippen LogP contribution is -2.25. The molecule has 7 heteroatoms. The van der Waals surface area contributed by atoms with E-state index in [0.717, 1.165) is 48.5 Å². The van der Waals surface area contributed by atoms with E-state index < -0.39 is 0 Å². The molecular formula is C14H20ClN5O. The van der Waals surface area contributed by atoms with Crippen molar-refractivity contribution < 1.29 is 4.79 Å². The summed E-state index contributed by atoms with van der Waals surface area (Å²) in [6.07, 6.45) is 2.69. The lowest BCUT2D eigenvalue weighted by molar-refractivity contribution is -0.129. The van der Waals surface area contributed by atoms with Gasteiger partial charge in [0.15, 0.2) is 5.65 Å². The van der Waals surface area contributed by atoms with Gasteiger partial charge in [0.05, 0.1) is 11.6 Å². The second kappa shape index (κ2) is 5.33. The van der Waals surface area contributed by atoms with E-state index >= 15 is 0 Å². The van der Waals surface area contributed by atoms with Crippen LogP contribution in [0.4, 0.5) is 0 Å². The maximum Gasteiger partial charge on any atom is 0.245 e. The van der Waals surface area contributed by atoms with Crippen LogP contribution in [0, 0.1) is 0 Å². The van der Waals surface area contributed by atoms with Crippen LogP contribution >= 0.6 is 11.6 Å². The average Bonchev–Trinajstić information content (AvgIpc) is 3.08. The molecule has 21 heavy (non-hydrogen) atoms. The van der Waals surface area contributed by atoms with Crippen molar-refractivity contribution in [2.75, 3.05) is 13.6 Å². The number of halogens is 1. The van der Waals surface area contributed by atoms with Gasteiger partial charge in [-0.2, -0.15) is 5.10 Å². The predicted molar refractivity (Wildman–Crippen MR) is 81.3 cm³/mol. The van der Waals surface area contributed by atoms with Gasteiger partial charge in [0.1, 0.15) is 17.4 Å². The molecule has 0 radical (unpaired) electrons. The summed E-state index contributed by atoms with van der Waals surface area (Å²) in [5.41, 5.74) is 2.78. The molecule has 114 valence electrons. The molecule has 6 nitrogen and oxygen atoms in total. The summed E-state index contributed by atoms with van der Waals surface area (Å²) in [7, 11) is 3.74. The van der Waals surface area contributed by atoms with Gasteiger partial charge in [0.2, 0.25) is 5.91 Å². The molecule has 2 aromatic heterocycles. The number of aryl methyl sites for hydroxylation is 2. The average molecular weight is 310 g/mol. The standard InChI is InChI=1S/C14H20ClN5O/c1-4-5-9-12-13(19(3)17-9)20(11(8-15)16-12)10-6-7-18(2)14(10)21/h10H,4-8H2,1-3H3. The Morgan fingerprint density at radius 2 is 2.14 bits per heavy atom. The fourth-order valence-electron chi connectivity index (χ4n) is 3.12. The summed E-state index contributed by atoms with van der Waals surface area (Å²) >= 11 is 6.07. The van der Waals surface area contributed by atoms with Crippen molar-refractivity contribution in [1.29, 1.82) is 0 Å². The monoisotopic (exact) mass is 309 g/mol. The molecular weight excluding hydrogens is 290 g/mol. The Labute approximate surface area is 128 Å². The van der Waals surface area contributed by atoms with Crippen molar-refractivity contribution in [3.05, 3.63) is 11.5 Å². The summed E-state index contributed by atoms with van der Waals surface area (Å²) in [4.78, 5) is 18.8. The Hall–Kier alpha value is -1.56. The van der Waals surface area contributed by atoms with Crippen molar-refractivity contribution in [3.8, 4) is 0 Å². The molecule has 0 N–H and O–H groups in total. The zero-order valence-electron chi connectivity index (χ0n) is 12.6. The minimum absolute atomic E-state index is 0.124. The highest BCUT2D eigenvalue weighted by molar-refractivity contribution is 6.17. The second-order valence-electron chi connectivity index (χ2n) is 5.59. The Balaban J connectivity index is 2.19.